The van der Waals surface area contributed by atoms with Crippen LogP contribution in [-0.4, -0.2) is 39.4 Å². The first-order chi connectivity index (χ1) is 13.9. The van der Waals surface area contributed by atoms with E-state index >= 15 is 0 Å². The minimum atomic E-state index is -1.16. The van der Waals surface area contributed by atoms with E-state index in [1.807, 2.05) is 6.92 Å². The van der Waals surface area contributed by atoms with Crippen molar-refractivity contribution < 1.29 is 23.9 Å². The highest BCUT2D eigenvalue weighted by molar-refractivity contribution is 6.43. The van der Waals surface area contributed by atoms with Gasteiger partial charge in [-0.05, 0) is 63.4 Å². The number of benzene rings is 1. The molecule has 0 fully saturated rings. The zero-order chi connectivity index (χ0) is 22.8. The highest BCUT2D eigenvalue weighted by Gasteiger charge is 2.30. The molecule has 0 aliphatic heterocycles. The molecule has 1 aromatic heterocycles. The van der Waals surface area contributed by atoms with Gasteiger partial charge in [0, 0.05) is 25.0 Å². The van der Waals surface area contributed by atoms with Gasteiger partial charge in [-0.25, -0.2) is 4.39 Å². The van der Waals surface area contributed by atoms with Crippen LogP contribution in [-0.2, 0) is 18.3 Å². The predicted octanol–water partition coefficient (Wildman–Crippen LogP) is 2.67. The van der Waals surface area contributed by atoms with Crippen molar-refractivity contribution in [1.29, 1.82) is 0 Å². The first-order valence-electron chi connectivity index (χ1n) is 9.68. The summed E-state index contributed by atoms with van der Waals surface area (Å²) in [6.07, 6.45) is 0.459. The van der Waals surface area contributed by atoms with Crippen molar-refractivity contribution in [2.24, 2.45) is 7.05 Å². The van der Waals surface area contributed by atoms with Crippen LogP contribution in [0.4, 0.5) is 10.1 Å². The molecule has 0 saturated carbocycles. The van der Waals surface area contributed by atoms with Crippen LogP contribution < -0.4 is 10.6 Å². The third-order valence-corrected chi connectivity index (χ3v) is 4.84. The quantitative estimate of drug-likeness (QED) is 0.476. The highest BCUT2D eigenvalue weighted by Crippen LogP contribution is 2.25. The SMILES string of the molecule is CCc1c(C(=O)Nc2ccc(F)c(C)c2)c(C)c(C(=O)C(=O)NCC(C)(C)O)n1C. The maximum absolute atomic E-state index is 13.5. The maximum atomic E-state index is 13.5. The van der Waals surface area contributed by atoms with E-state index in [2.05, 4.69) is 10.6 Å². The van der Waals surface area contributed by atoms with Gasteiger partial charge in [0.15, 0.2) is 0 Å². The van der Waals surface area contributed by atoms with Gasteiger partial charge in [-0.15, -0.1) is 0 Å². The topological polar surface area (TPSA) is 100 Å². The summed E-state index contributed by atoms with van der Waals surface area (Å²) in [5.74, 6) is -2.46. The number of carbonyl (C=O) groups excluding carboxylic acids is 3. The van der Waals surface area contributed by atoms with E-state index in [9.17, 15) is 23.9 Å². The van der Waals surface area contributed by atoms with Gasteiger partial charge in [-0.2, -0.15) is 0 Å². The predicted molar refractivity (Wildman–Crippen MR) is 112 cm³/mol. The molecular weight excluding hydrogens is 389 g/mol. The number of aryl methyl sites for hydroxylation is 1. The number of carbonyl (C=O) groups is 3. The van der Waals surface area contributed by atoms with Gasteiger partial charge in [-0.3, -0.25) is 14.4 Å². The summed E-state index contributed by atoms with van der Waals surface area (Å²) in [6.45, 7) is 8.00. The summed E-state index contributed by atoms with van der Waals surface area (Å²) < 4.78 is 15.0. The van der Waals surface area contributed by atoms with Gasteiger partial charge in [0.2, 0.25) is 0 Å². The summed E-state index contributed by atoms with van der Waals surface area (Å²) in [6, 6.07) is 4.25. The molecule has 7 nitrogen and oxygen atoms in total. The van der Waals surface area contributed by atoms with Crippen molar-refractivity contribution in [2.45, 2.75) is 46.6 Å². The standard InChI is InChI=1S/C22H28FN3O4/c1-7-16-17(20(28)25-14-8-9-15(23)12(2)10-14)13(3)18(26(16)6)19(27)21(29)24-11-22(4,5)30/h8-10,30H,7,11H2,1-6H3,(H,24,29)(H,25,28). The first kappa shape index (κ1) is 23.3. The number of nitrogens with zero attached hydrogens (tertiary/aromatic N) is 1. The molecule has 2 rings (SSSR count). The largest absolute Gasteiger partial charge is 0.389 e. The van der Waals surface area contributed by atoms with Crippen molar-refractivity contribution in [1.82, 2.24) is 9.88 Å². The summed E-state index contributed by atoms with van der Waals surface area (Å²) in [5, 5.41) is 14.9. The Balaban J connectivity index is 2.37. The lowest BCUT2D eigenvalue weighted by molar-refractivity contribution is -0.118. The number of hydrogen-bond acceptors (Lipinski definition) is 4. The fourth-order valence-corrected chi connectivity index (χ4v) is 3.33. The molecule has 30 heavy (non-hydrogen) atoms. The fraction of sp³-hybridized carbons (Fsp3) is 0.409. The number of hydrogen-bond donors (Lipinski definition) is 3. The molecule has 0 radical (unpaired) electrons. The smallest absolute Gasteiger partial charge is 0.294 e. The Morgan fingerprint density at radius 3 is 2.37 bits per heavy atom. The molecular formula is C22H28FN3O4. The Bertz CT molecular complexity index is 1000. The number of ketones is 1. The highest BCUT2D eigenvalue weighted by atomic mass is 19.1. The molecule has 0 unspecified atom stereocenters. The van der Waals surface area contributed by atoms with Gasteiger partial charge < -0.3 is 20.3 Å². The van der Waals surface area contributed by atoms with Crippen LogP contribution >= 0.6 is 0 Å². The van der Waals surface area contributed by atoms with Crippen molar-refractivity contribution >= 4 is 23.3 Å². The van der Waals surface area contributed by atoms with Crippen molar-refractivity contribution in [2.75, 3.05) is 11.9 Å². The van der Waals surface area contributed by atoms with Crippen molar-refractivity contribution in [3.05, 3.63) is 52.1 Å². The van der Waals surface area contributed by atoms with Crippen LogP contribution in [0.25, 0.3) is 0 Å². The molecule has 0 spiro atoms. The third kappa shape index (κ3) is 4.94. The molecule has 1 heterocycles. The van der Waals surface area contributed by atoms with Gasteiger partial charge >= 0.3 is 0 Å². The van der Waals surface area contributed by atoms with E-state index in [4.69, 9.17) is 0 Å². The van der Waals surface area contributed by atoms with Gasteiger partial charge in [0.1, 0.15) is 5.82 Å². The molecule has 1 aromatic carbocycles. The summed E-state index contributed by atoms with van der Waals surface area (Å²) >= 11 is 0. The maximum Gasteiger partial charge on any atom is 0.294 e. The van der Waals surface area contributed by atoms with E-state index < -0.39 is 23.2 Å². The van der Waals surface area contributed by atoms with Gasteiger partial charge in [-0.1, -0.05) is 6.92 Å². The lowest BCUT2D eigenvalue weighted by Gasteiger charge is -2.17. The van der Waals surface area contributed by atoms with Crippen LogP contribution in [0.5, 0.6) is 0 Å². The van der Waals surface area contributed by atoms with Gasteiger partial charge in [0.05, 0.1) is 16.9 Å². The molecule has 0 atom stereocenters. The van der Waals surface area contributed by atoms with E-state index in [0.717, 1.165) is 0 Å². The number of halogens is 1. The van der Waals surface area contributed by atoms with Crippen LogP contribution in [0, 0.1) is 19.7 Å². The second-order valence-corrected chi connectivity index (χ2v) is 7.95. The lowest BCUT2D eigenvalue weighted by Crippen LogP contribution is -2.41. The molecule has 8 heteroatoms. The second kappa shape index (κ2) is 8.79. The van der Waals surface area contributed by atoms with Crippen LogP contribution in [0.15, 0.2) is 18.2 Å². The van der Waals surface area contributed by atoms with Crippen LogP contribution in [0.3, 0.4) is 0 Å². The summed E-state index contributed by atoms with van der Waals surface area (Å²) in [7, 11) is 1.63. The zero-order valence-corrected chi connectivity index (χ0v) is 18.1. The molecule has 0 saturated heterocycles. The van der Waals surface area contributed by atoms with E-state index in [1.165, 1.54) is 32.0 Å². The second-order valence-electron chi connectivity index (χ2n) is 7.95. The van der Waals surface area contributed by atoms with Gasteiger partial charge in [0.25, 0.3) is 17.6 Å². The van der Waals surface area contributed by atoms with E-state index in [0.29, 0.717) is 34.5 Å². The monoisotopic (exact) mass is 417 g/mol. The van der Waals surface area contributed by atoms with Crippen LogP contribution in [0.2, 0.25) is 0 Å². The Morgan fingerprint density at radius 1 is 1.20 bits per heavy atom. The molecule has 2 amide bonds. The summed E-state index contributed by atoms with van der Waals surface area (Å²) in [4.78, 5) is 38.0. The molecule has 3 N–H and O–H groups in total. The first-order valence-corrected chi connectivity index (χ1v) is 9.68. The van der Waals surface area contributed by atoms with Crippen molar-refractivity contribution in [3.63, 3.8) is 0 Å². The number of amides is 2. The summed E-state index contributed by atoms with van der Waals surface area (Å²) in [5.41, 5.74) is 1.07. The number of aliphatic hydroxyl groups is 1. The molecule has 162 valence electrons. The minimum Gasteiger partial charge on any atom is -0.389 e. The zero-order valence-electron chi connectivity index (χ0n) is 18.1. The normalized spacial score (nSPS) is 11.3. The van der Waals surface area contributed by atoms with E-state index in [1.54, 1.807) is 25.5 Å². The third-order valence-electron chi connectivity index (χ3n) is 4.84. The number of anilines is 1. The lowest BCUT2D eigenvalue weighted by atomic mass is 10.1. The number of Topliss-reactive ketones (excluding diaryl/α,β-unsaturated/α-hetero) is 1. The Labute approximate surface area is 175 Å². The minimum absolute atomic E-state index is 0.0844. The fourth-order valence-electron chi connectivity index (χ4n) is 3.33. The average molecular weight is 417 g/mol. The Hall–Kier alpha value is -3.00. The Kier molecular flexibility index (Phi) is 6.82. The number of nitrogens with one attached hydrogen (secondary N) is 2. The Morgan fingerprint density at radius 2 is 1.83 bits per heavy atom. The van der Waals surface area contributed by atoms with E-state index in [-0.39, 0.29) is 18.1 Å². The average Bonchev–Trinajstić information content (AvgIpc) is 2.91. The molecule has 0 aliphatic rings. The van der Waals surface area contributed by atoms with Crippen LogP contribution in [0.1, 0.15) is 58.4 Å². The number of rotatable bonds is 7. The molecule has 0 bridgehead atoms. The molecule has 2 aromatic rings. The van der Waals surface area contributed by atoms with Crippen molar-refractivity contribution in [3.8, 4) is 0 Å². The molecule has 0 aliphatic carbocycles. The number of aromatic nitrogens is 1.